The van der Waals surface area contributed by atoms with Crippen molar-refractivity contribution in [2.24, 2.45) is 0 Å². The van der Waals surface area contributed by atoms with Gasteiger partial charge in [0.25, 0.3) is 0 Å². The molecule has 0 bridgehead atoms. The Morgan fingerprint density at radius 3 is 3.09 bits per heavy atom. The Hall–Kier alpha value is -1.73. The number of aliphatic hydroxyl groups is 1. The summed E-state index contributed by atoms with van der Waals surface area (Å²) in [5, 5.41) is 16.6. The number of carbonyl (C=O) groups excluding carboxylic acids is 1. The van der Waals surface area contributed by atoms with Gasteiger partial charge in [-0.1, -0.05) is 0 Å². The van der Waals surface area contributed by atoms with Gasteiger partial charge in [0.05, 0.1) is 5.60 Å². The van der Waals surface area contributed by atoms with E-state index in [1.54, 1.807) is 17.8 Å². The van der Waals surface area contributed by atoms with Gasteiger partial charge in [0, 0.05) is 35.9 Å². The number of carbonyl (C=O) groups is 1. The van der Waals surface area contributed by atoms with Crippen molar-refractivity contribution >= 4 is 28.7 Å². The number of halogens is 1. The molecule has 1 fully saturated rings. The molecule has 0 aliphatic carbocycles. The molecule has 124 valence electrons. The van der Waals surface area contributed by atoms with Crippen molar-refractivity contribution < 1.29 is 14.3 Å². The monoisotopic (exact) mass is 337 g/mol. The first-order valence-corrected chi connectivity index (χ1v) is 8.79. The quantitative estimate of drug-likeness (QED) is 0.674. The summed E-state index contributed by atoms with van der Waals surface area (Å²) in [6.45, 7) is 0.752. The number of thioether (sulfide) groups is 1. The summed E-state index contributed by atoms with van der Waals surface area (Å²) in [4.78, 5) is 14.8. The molecule has 1 aliphatic rings. The molecule has 1 aromatic carbocycles. The van der Waals surface area contributed by atoms with Crippen LogP contribution in [0.1, 0.15) is 12.0 Å². The molecular weight excluding hydrogens is 317 g/mol. The SMILES string of the molecule is O=C(NCCc1c[nH]c2cc(F)ccc12)NCC1(O)CCSC1. The molecule has 4 N–H and O–H groups in total. The molecule has 1 atom stereocenters. The molecule has 1 saturated heterocycles. The van der Waals surface area contributed by atoms with Crippen LogP contribution in [0, 0.1) is 5.82 Å². The minimum absolute atomic E-state index is 0.272. The van der Waals surface area contributed by atoms with Crippen LogP contribution >= 0.6 is 11.8 Å². The van der Waals surface area contributed by atoms with Crippen molar-refractivity contribution in [3.63, 3.8) is 0 Å². The first-order chi connectivity index (χ1) is 11.1. The van der Waals surface area contributed by atoms with E-state index in [9.17, 15) is 14.3 Å². The lowest BCUT2D eigenvalue weighted by molar-refractivity contribution is 0.0700. The summed E-state index contributed by atoms with van der Waals surface area (Å²) in [5.74, 6) is 1.33. The van der Waals surface area contributed by atoms with Gasteiger partial charge < -0.3 is 20.7 Å². The van der Waals surface area contributed by atoms with E-state index < -0.39 is 5.60 Å². The van der Waals surface area contributed by atoms with Crippen LogP contribution in [0.2, 0.25) is 0 Å². The minimum Gasteiger partial charge on any atom is -0.387 e. The first kappa shape index (κ1) is 16.1. The van der Waals surface area contributed by atoms with Gasteiger partial charge in [0.1, 0.15) is 5.82 Å². The largest absolute Gasteiger partial charge is 0.387 e. The van der Waals surface area contributed by atoms with Crippen molar-refractivity contribution in [2.75, 3.05) is 24.6 Å². The summed E-state index contributed by atoms with van der Waals surface area (Å²) < 4.78 is 13.1. The van der Waals surface area contributed by atoms with E-state index in [1.165, 1.54) is 12.1 Å². The highest BCUT2D eigenvalue weighted by Crippen LogP contribution is 2.26. The predicted molar refractivity (Wildman–Crippen MR) is 90.3 cm³/mol. The molecule has 2 aromatic rings. The number of aromatic amines is 1. The van der Waals surface area contributed by atoms with Gasteiger partial charge in [-0.15, -0.1) is 0 Å². The fourth-order valence-corrected chi connectivity index (χ4v) is 4.01. The van der Waals surface area contributed by atoms with Gasteiger partial charge in [0.2, 0.25) is 0 Å². The second-order valence-electron chi connectivity index (χ2n) is 5.89. The molecule has 23 heavy (non-hydrogen) atoms. The summed E-state index contributed by atoms with van der Waals surface area (Å²) in [6, 6.07) is 4.35. The van der Waals surface area contributed by atoms with E-state index in [2.05, 4.69) is 15.6 Å². The molecule has 0 saturated carbocycles. The van der Waals surface area contributed by atoms with Crippen LogP contribution in [0.5, 0.6) is 0 Å². The molecule has 7 heteroatoms. The maximum Gasteiger partial charge on any atom is 0.314 e. The van der Waals surface area contributed by atoms with Crippen LogP contribution in [-0.4, -0.2) is 46.3 Å². The Morgan fingerprint density at radius 2 is 2.30 bits per heavy atom. The predicted octanol–water partition coefficient (Wildman–Crippen LogP) is 2.02. The van der Waals surface area contributed by atoms with Crippen molar-refractivity contribution in [1.29, 1.82) is 0 Å². The minimum atomic E-state index is -0.775. The lowest BCUT2D eigenvalue weighted by Crippen LogP contribution is -2.46. The Labute approximate surface area is 138 Å². The fraction of sp³-hybridized carbons (Fsp3) is 0.438. The van der Waals surface area contributed by atoms with E-state index in [-0.39, 0.29) is 18.4 Å². The number of aromatic nitrogens is 1. The second kappa shape index (κ2) is 6.80. The van der Waals surface area contributed by atoms with Gasteiger partial charge in [-0.25, -0.2) is 9.18 Å². The molecule has 1 unspecified atom stereocenters. The molecule has 0 radical (unpaired) electrons. The van der Waals surface area contributed by atoms with E-state index >= 15 is 0 Å². The van der Waals surface area contributed by atoms with Crippen LogP contribution in [0.25, 0.3) is 10.9 Å². The van der Waals surface area contributed by atoms with E-state index in [0.29, 0.717) is 25.1 Å². The van der Waals surface area contributed by atoms with E-state index in [1.807, 2.05) is 6.20 Å². The summed E-state index contributed by atoms with van der Waals surface area (Å²) in [5.41, 5.74) is 1.01. The van der Waals surface area contributed by atoms with Crippen LogP contribution in [0.3, 0.4) is 0 Å². The van der Waals surface area contributed by atoms with Crippen molar-refractivity contribution in [1.82, 2.24) is 15.6 Å². The zero-order chi connectivity index (χ0) is 16.3. The second-order valence-corrected chi connectivity index (χ2v) is 7.00. The average molecular weight is 337 g/mol. The molecule has 1 aromatic heterocycles. The highest BCUT2D eigenvalue weighted by Gasteiger charge is 2.31. The van der Waals surface area contributed by atoms with Gasteiger partial charge in [-0.05, 0) is 42.4 Å². The molecule has 3 rings (SSSR count). The van der Waals surface area contributed by atoms with Crippen molar-refractivity contribution in [2.45, 2.75) is 18.4 Å². The zero-order valence-electron chi connectivity index (χ0n) is 12.7. The van der Waals surface area contributed by atoms with E-state index in [0.717, 1.165) is 22.2 Å². The van der Waals surface area contributed by atoms with E-state index in [4.69, 9.17) is 0 Å². The van der Waals surface area contributed by atoms with Gasteiger partial charge in [-0.3, -0.25) is 0 Å². The normalized spacial score (nSPS) is 20.8. The zero-order valence-corrected chi connectivity index (χ0v) is 13.5. The number of rotatable bonds is 5. The Balaban J connectivity index is 1.46. The maximum absolute atomic E-state index is 13.1. The Morgan fingerprint density at radius 1 is 1.43 bits per heavy atom. The highest BCUT2D eigenvalue weighted by atomic mass is 32.2. The van der Waals surface area contributed by atoms with Gasteiger partial charge >= 0.3 is 6.03 Å². The summed E-state index contributed by atoms with van der Waals surface area (Å²) >= 11 is 1.70. The Kier molecular flexibility index (Phi) is 4.77. The number of urea groups is 1. The summed E-state index contributed by atoms with van der Waals surface area (Å²) in [7, 11) is 0. The lowest BCUT2D eigenvalue weighted by Gasteiger charge is -2.21. The average Bonchev–Trinajstić information content (AvgIpc) is 3.12. The number of hydrogen-bond acceptors (Lipinski definition) is 3. The molecule has 5 nitrogen and oxygen atoms in total. The lowest BCUT2D eigenvalue weighted by atomic mass is 10.0. The topological polar surface area (TPSA) is 77.2 Å². The smallest absolute Gasteiger partial charge is 0.314 e. The van der Waals surface area contributed by atoms with Gasteiger partial charge in [-0.2, -0.15) is 11.8 Å². The molecule has 2 amide bonds. The van der Waals surface area contributed by atoms with Gasteiger partial charge in [0.15, 0.2) is 0 Å². The molecular formula is C16H20FN3O2S. The number of H-pyrrole nitrogens is 1. The third-order valence-electron chi connectivity index (χ3n) is 4.07. The van der Waals surface area contributed by atoms with Crippen LogP contribution in [0.4, 0.5) is 9.18 Å². The first-order valence-electron chi connectivity index (χ1n) is 7.63. The van der Waals surface area contributed by atoms with Crippen molar-refractivity contribution in [3.05, 3.63) is 35.8 Å². The third-order valence-corrected chi connectivity index (χ3v) is 5.30. The molecule has 1 aliphatic heterocycles. The number of amides is 2. The Bertz CT molecular complexity index is 698. The van der Waals surface area contributed by atoms with Crippen molar-refractivity contribution in [3.8, 4) is 0 Å². The molecule has 2 heterocycles. The number of nitrogens with one attached hydrogen (secondary N) is 3. The number of hydrogen-bond donors (Lipinski definition) is 4. The molecule has 0 spiro atoms. The summed E-state index contributed by atoms with van der Waals surface area (Å²) in [6.07, 6.45) is 3.20. The highest BCUT2D eigenvalue weighted by molar-refractivity contribution is 7.99. The van der Waals surface area contributed by atoms with Crippen LogP contribution < -0.4 is 10.6 Å². The van der Waals surface area contributed by atoms with Crippen LogP contribution in [0.15, 0.2) is 24.4 Å². The number of fused-ring (bicyclic) bond motifs is 1. The standard InChI is InChI=1S/C16H20FN3O2S/c17-12-1-2-13-11(8-19-14(13)7-12)3-5-18-15(21)20-9-16(22)4-6-23-10-16/h1-2,7-8,19,22H,3-6,9-10H2,(H2,18,20,21). The third kappa shape index (κ3) is 3.97. The maximum atomic E-state index is 13.1. The fourth-order valence-electron chi connectivity index (χ4n) is 2.72. The number of benzene rings is 1. The van der Waals surface area contributed by atoms with Crippen LogP contribution in [-0.2, 0) is 6.42 Å².